The van der Waals surface area contributed by atoms with Crippen LogP contribution in [-0.2, 0) is 16.1 Å². The van der Waals surface area contributed by atoms with E-state index < -0.39 is 5.97 Å². The van der Waals surface area contributed by atoms with Gasteiger partial charge in [-0.15, -0.1) is 0 Å². The van der Waals surface area contributed by atoms with Crippen LogP contribution in [0, 0.1) is 0 Å². The maximum Gasteiger partial charge on any atom is 0.325 e. The van der Waals surface area contributed by atoms with Gasteiger partial charge in [-0.1, -0.05) is 41.7 Å². The monoisotopic (exact) mass is 406 g/mol. The molecule has 0 unspecified atom stereocenters. The molecule has 1 aromatic heterocycles. The number of carbonyl (C=O) groups is 2. The number of carbonyl (C=O) groups excluding carboxylic acids is 2. The van der Waals surface area contributed by atoms with Gasteiger partial charge in [0.15, 0.2) is 4.80 Å². The number of amides is 1. The number of esters is 1. The Morgan fingerprint density at radius 1 is 1.00 bits per heavy atom. The van der Waals surface area contributed by atoms with Crippen molar-refractivity contribution in [2.45, 2.75) is 6.54 Å². The van der Waals surface area contributed by atoms with E-state index in [-0.39, 0.29) is 12.5 Å². The third-order valence-electron chi connectivity index (χ3n) is 4.60. The van der Waals surface area contributed by atoms with Gasteiger partial charge < -0.3 is 14.0 Å². The molecular formula is C22H18N2O4S. The zero-order valence-electron chi connectivity index (χ0n) is 15.9. The fourth-order valence-corrected chi connectivity index (χ4v) is 4.14. The lowest BCUT2D eigenvalue weighted by Gasteiger charge is -2.04. The predicted octanol–water partition coefficient (Wildman–Crippen LogP) is 3.78. The number of hydrogen-bond acceptors (Lipinski definition) is 5. The summed E-state index contributed by atoms with van der Waals surface area (Å²) in [4.78, 5) is 29.5. The average Bonchev–Trinajstić information content (AvgIpc) is 3.08. The number of benzene rings is 3. The molecule has 0 saturated heterocycles. The van der Waals surface area contributed by atoms with E-state index in [0.717, 1.165) is 21.0 Å². The van der Waals surface area contributed by atoms with Crippen molar-refractivity contribution in [1.82, 2.24) is 4.57 Å². The van der Waals surface area contributed by atoms with Gasteiger partial charge in [0.1, 0.15) is 12.3 Å². The van der Waals surface area contributed by atoms with E-state index >= 15 is 0 Å². The molecule has 0 spiro atoms. The van der Waals surface area contributed by atoms with Crippen molar-refractivity contribution in [1.29, 1.82) is 0 Å². The van der Waals surface area contributed by atoms with Gasteiger partial charge in [0.25, 0.3) is 5.91 Å². The zero-order valence-corrected chi connectivity index (χ0v) is 16.7. The normalized spacial score (nSPS) is 11.7. The van der Waals surface area contributed by atoms with Crippen LogP contribution in [0.25, 0.3) is 21.0 Å². The molecule has 7 heteroatoms. The third kappa shape index (κ3) is 3.77. The van der Waals surface area contributed by atoms with Gasteiger partial charge in [-0.25, -0.2) is 0 Å². The van der Waals surface area contributed by atoms with Gasteiger partial charge >= 0.3 is 5.97 Å². The highest BCUT2D eigenvalue weighted by Crippen LogP contribution is 2.23. The first-order valence-corrected chi connectivity index (χ1v) is 9.73. The molecule has 0 atom stereocenters. The minimum atomic E-state index is -0.417. The van der Waals surface area contributed by atoms with E-state index in [1.165, 1.54) is 18.4 Å². The van der Waals surface area contributed by atoms with Crippen LogP contribution in [0.1, 0.15) is 10.4 Å². The maximum atomic E-state index is 12.9. The van der Waals surface area contributed by atoms with Crippen LogP contribution in [0.5, 0.6) is 5.75 Å². The number of rotatable bonds is 4. The molecule has 0 aliphatic carbocycles. The Morgan fingerprint density at radius 3 is 2.55 bits per heavy atom. The van der Waals surface area contributed by atoms with Crippen molar-refractivity contribution < 1.29 is 19.1 Å². The van der Waals surface area contributed by atoms with Crippen LogP contribution in [-0.4, -0.2) is 30.7 Å². The molecule has 0 fully saturated rings. The van der Waals surface area contributed by atoms with Gasteiger partial charge in [0.05, 0.1) is 24.4 Å². The first-order chi connectivity index (χ1) is 14.1. The molecule has 6 nitrogen and oxygen atoms in total. The topological polar surface area (TPSA) is 69.9 Å². The lowest BCUT2D eigenvalue weighted by Crippen LogP contribution is -2.22. The Labute approximate surface area is 170 Å². The number of methoxy groups -OCH3 is 2. The lowest BCUT2D eigenvalue weighted by atomic mass is 10.1. The van der Waals surface area contributed by atoms with Gasteiger partial charge in [0.2, 0.25) is 0 Å². The summed E-state index contributed by atoms with van der Waals surface area (Å²) >= 11 is 1.32. The standard InChI is InChI=1S/C22H18N2O4S/c1-27-17-9-10-18-19(12-17)29-22(24(18)13-20(25)28-2)23-21(26)16-8-7-14-5-3-4-6-15(14)11-16/h3-12H,13H2,1-2H3. The van der Waals surface area contributed by atoms with Crippen LogP contribution in [0.3, 0.4) is 0 Å². The van der Waals surface area contributed by atoms with E-state index in [9.17, 15) is 9.59 Å². The quantitative estimate of drug-likeness (QED) is 0.484. The molecule has 0 aliphatic heterocycles. The number of ether oxygens (including phenoxy) is 2. The second kappa shape index (κ2) is 7.89. The molecule has 29 heavy (non-hydrogen) atoms. The first kappa shape index (κ1) is 18.9. The Morgan fingerprint density at radius 2 is 1.79 bits per heavy atom. The maximum absolute atomic E-state index is 12.9. The Bertz CT molecular complexity index is 1300. The number of fused-ring (bicyclic) bond motifs is 2. The summed E-state index contributed by atoms with van der Waals surface area (Å²) in [7, 11) is 2.92. The van der Waals surface area contributed by atoms with E-state index in [0.29, 0.717) is 16.1 Å². The molecule has 1 heterocycles. The second-order valence-corrected chi connectivity index (χ2v) is 7.37. The smallest absolute Gasteiger partial charge is 0.325 e. The minimum absolute atomic E-state index is 0.0351. The van der Waals surface area contributed by atoms with Crippen LogP contribution in [0.15, 0.2) is 65.7 Å². The fourth-order valence-electron chi connectivity index (χ4n) is 3.09. The Balaban J connectivity index is 1.83. The summed E-state index contributed by atoms with van der Waals surface area (Å²) in [6, 6.07) is 18.8. The molecule has 0 N–H and O–H groups in total. The van der Waals surface area contributed by atoms with Crippen LogP contribution < -0.4 is 9.54 Å². The highest BCUT2D eigenvalue weighted by atomic mass is 32.1. The molecule has 4 rings (SSSR count). The number of aromatic nitrogens is 1. The number of thiazole rings is 1. The van der Waals surface area contributed by atoms with Crippen LogP contribution in [0.2, 0.25) is 0 Å². The summed E-state index contributed by atoms with van der Waals surface area (Å²) in [5.41, 5.74) is 1.27. The largest absolute Gasteiger partial charge is 0.497 e. The van der Waals surface area contributed by atoms with Crippen molar-refractivity contribution in [2.75, 3.05) is 14.2 Å². The SMILES string of the molecule is COC(=O)Cn1c(=NC(=O)c2ccc3ccccc3c2)sc2cc(OC)ccc21. The third-order valence-corrected chi connectivity index (χ3v) is 5.64. The van der Waals surface area contributed by atoms with Crippen molar-refractivity contribution in [3.8, 4) is 5.75 Å². The molecule has 0 bridgehead atoms. The van der Waals surface area contributed by atoms with Crippen molar-refractivity contribution in [2.24, 2.45) is 4.99 Å². The van der Waals surface area contributed by atoms with E-state index in [1.54, 1.807) is 23.8 Å². The molecule has 0 saturated carbocycles. The summed E-state index contributed by atoms with van der Waals surface area (Å²) in [6.07, 6.45) is 0. The Kier molecular flexibility index (Phi) is 5.14. The molecule has 146 valence electrons. The Hall–Kier alpha value is -3.45. The second-order valence-electron chi connectivity index (χ2n) is 6.36. The zero-order chi connectivity index (χ0) is 20.4. The molecule has 3 aromatic carbocycles. The van der Waals surface area contributed by atoms with Gasteiger partial charge in [0, 0.05) is 5.56 Å². The average molecular weight is 406 g/mol. The van der Waals surface area contributed by atoms with E-state index in [1.807, 2.05) is 48.5 Å². The first-order valence-electron chi connectivity index (χ1n) is 8.91. The molecule has 0 aliphatic rings. The highest BCUT2D eigenvalue weighted by Gasteiger charge is 2.13. The van der Waals surface area contributed by atoms with Gasteiger partial charge in [-0.2, -0.15) is 4.99 Å². The predicted molar refractivity (Wildman–Crippen MR) is 112 cm³/mol. The molecule has 0 radical (unpaired) electrons. The summed E-state index contributed by atoms with van der Waals surface area (Å²) in [5, 5.41) is 2.02. The van der Waals surface area contributed by atoms with Crippen molar-refractivity contribution >= 4 is 44.2 Å². The number of nitrogens with zero attached hydrogens (tertiary/aromatic N) is 2. The highest BCUT2D eigenvalue weighted by molar-refractivity contribution is 7.16. The molecular weight excluding hydrogens is 388 g/mol. The summed E-state index contributed by atoms with van der Waals surface area (Å²) in [5.74, 6) is -0.0932. The van der Waals surface area contributed by atoms with E-state index in [2.05, 4.69) is 4.99 Å². The minimum Gasteiger partial charge on any atom is -0.497 e. The van der Waals surface area contributed by atoms with Gasteiger partial charge in [-0.05, 0) is 41.1 Å². The fraction of sp³-hybridized carbons (Fsp3) is 0.136. The summed E-state index contributed by atoms with van der Waals surface area (Å²) < 4.78 is 12.6. The van der Waals surface area contributed by atoms with Crippen LogP contribution in [0.4, 0.5) is 0 Å². The van der Waals surface area contributed by atoms with E-state index in [4.69, 9.17) is 9.47 Å². The van der Waals surface area contributed by atoms with Crippen molar-refractivity contribution in [3.63, 3.8) is 0 Å². The molecule has 1 amide bonds. The van der Waals surface area contributed by atoms with Crippen LogP contribution >= 0.6 is 11.3 Å². The van der Waals surface area contributed by atoms with Crippen molar-refractivity contribution in [3.05, 3.63) is 71.0 Å². The lowest BCUT2D eigenvalue weighted by molar-refractivity contribution is -0.141. The summed E-state index contributed by atoms with van der Waals surface area (Å²) in [6.45, 7) is -0.0351. The number of hydrogen-bond donors (Lipinski definition) is 0. The van der Waals surface area contributed by atoms with Gasteiger partial charge in [-0.3, -0.25) is 9.59 Å². The molecule has 4 aromatic rings.